The molecule has 2 N–H and O–H groups in total. The predicted octanol–water partition coefficient (Wildman–Crippen LogP) is 2.00. The maximum Gasteiger partial charge on any atom is 0.280 e. The summed E-state index contributed by atoms with van der Waals surface area (Å²) in [7, 11) is 0. The van der Waals surface area contributed by atoms with Gasteiger partial charge in [-0.3, -0.25) is 0 Å². The minimum absolute atomic E-state index is 0.294. The molecular formula is C11H15N5OS. The Kier molecular flexibility index (Phi) is 4.14. The van der Waals surface area contributed by atoms with Crippen LogP contribution in [0.1, 0.15) is 19.7 Å². The normalized spacial score (nSPS) is 11.1. The molecule has 18 heavy (non-hydrogen) atoms. The summed E-state index contributed by atoms with van der Waals surface area (Å²) >= 11 is 1.77. The van der Waals surface area contributed by atoms with Gasteiger partial charge in [0, 0.05) is 12.4 Å². The summed E-state index contributed by atoms with van der Waals surface area (Å²) in [4.78, 5) is 12.3. The summed E-state index contributed by atoms with van der Waals surface area (Å²) in [6, 6.07) is 0. The fourth-order valence-electron chi connectivity index (χ4n) is 1.31. The Bertz CT molecular complexity index is 514. The molecule has 0 aliphatic carbocycles. The number of thioether (sulfide) groups is 1. The molecule has 0 saturated heterocycles. The first-order valence-electron chi connectivity index (χ1n) is 5.64. The van der Waals surface area contributed by atoms with E-state index in [2.05, 4.69) is 34.0 Å². The SMILES string of the molecule is CC(C)CSCc1noc(-c2nccnc2N)n1. The third-order valence-corrected chi connectivity index (χ3v) is 3.44. The maximum atomic E-state index is 5.70. The highest BCUT2D eigenvalue weighted by Crippen LogP contribution is 2.20. The van der Waals surface area contributed by atoms with Crippen LogP contribution in [0.2, 0.25) is 0 Å². The van der Waals surface area contributed by atoms with Gasteiger partial charge < -0.3 is 10.3 Å². The van der Waals surface area contributed by atoms with E-state index in [-0.39, 0.29) is 0 Å². The van der Waals surface area contributed by atoms with E-state index in [1.165, 1.54) is 6.20 Å². The highest BCUT2D eigenvalue weighted by molar-refractivity contribution is 7.98. The third-order valence-electron chi connectivity index (χ3n) is 2.08. The summed E-state index contributed by atoms with van der Waals surface area (Å²) in [6.45, 7) is 4.35. The van der Waals surface area contributed by atoms with Gasteiger partial charge in [0.15, 0.2) is 17.3 Å². The molecular weight excluding hydrogens is 250 g/mol. The Balaban J connectivity index is 2.04. The molecule has 96 valence electrons. The van der Waals surface area contributed by atoms with E-state index in [1.54, 1.807) is 18.0 Å². The Hall–Kier alpha value is -1.63. The number of hydrogen-bond acceptors (Lipinski definition) is 7. The maximum absolute atomic E-state index is 5.70. The van der Waals surface area contributed by atoms with Crippen molar-refractivity contribution in [3.05, 3.63) is 18.2 Å². The molecule has 0 radical (unpaired) electrons. The van der Waals surface area contributed by atoms with Crippen LogP contribution in [0.4, 0.5) is 5.82 Å². The zero-order valence-corrected chi connectivity index (χ0v) is 11.1. The molecule has 0 unspecified atom stereocenters. The Morgan fingerprint density at radius 3 is 2.83 bits per heavy atom. The van der Waals surface area contributed by atoms with Crippen molar-refractivity contribution < 1.29 is 4.52 Å². The fourth-order valence-corrected chi connectivity index (χ4v) is 2.20. The minimum atomic E-state index is 0.294. The molecule has 0 spiro atoms. The first kappa shape index (κ1) is 12.8. The number of hydrogen-bond donors (Lipinski definition) is 1. The summed E-state index contributed by atoms with van der Waals surface area (Å²) in [5.74, 6) is 3.71. The van der Waals surface area contributed by atoms with E-state index < -0.39 is 0 Å². The molecule has 6 nitrogen and oxygen atoms in total. The second-order valence-corrected chi connectivity index (χ2v) is 5.25. The molecule has 2 heterocycles. The Morgan fingerprint density at radius 2 is 2.11 bits per heavy atom. The lowest BCUT2D eigenvalue weighted by Gasteiger charge is -2.00. The van der Waals surface area contributed by atoms with Crippen LogP contribution < -0.4 is 5.73 Å². The van der Waals surface area contributed by atoms with Crippen molar-refractivity contribution in [2.45, 2.75) is 19.6 Å². The summed E-state index contributed by atoms with van der Waals surface area (Å²) in [6.07, 6.45) is 3.07. The van der Waals surface area contributed by atoms with Gasteiger partial charge in [-0.25, -0.2) is 9.97 Å². The molecule has 0 amide bonds. The monoisotopic (exact) mass is 265 g/mol. The number of aromatic nitrogens is 4. The van der Waals surface area contributed by atoms with Crippen molar-refractivity contribution >= 4 is 17.6 Å². The van der Waals surface area contributed by atoms with Crippen LogP contribution in [0.25, 0.3) is 11.6 Å². The highest BCUT2D eigenvalue weighted by Gasteiger charge is 2.13. The van der Waals surface area contributed by atoms with Crippen LogP contribution in [0.5, 0.6) is 0 Å². The van der Waals surface area contributed by atoms with Crippen molar-refractivity contribution in [2.75, 3.05) is 11.5 Å². The lowest BCUT2D eigenvalue weighted by Crippen LogP contribution is -1.96. The zero-order valence-electron chi connectivity index (χ0n) is 10.3. The average molecular weight is 265 g/mol. The topological polar surface area (TPSA) is 90.7 Å². The smallest absolute Gasteiger partial charge is 0.280 e. The van der Waals surface area contributed by atoms with Crippen molar-refractivity contribution in [3.8, 4) is 11.6 Å². The molecule has 7 heteroatoms. The van der Waals surface area contributed by atoms with E-state index >= 15 is 0 Å². The van der Waals surface area contributed by atoms with E-state index in [0.717, 1.165) is 11.5 Å². The van der Waals surface area contributed by atoms with Gasteiger partial charge in [-0.15, -0.1) is 0 Å². The van der Waals surface area contributed by atoms with Crippen LogP contribution in [0.15, 0.2) is 16.9 Å². The summed E-state index contributed by atoms with van der Waals surface area (Å²) < 4.78 is 5.13. The van der Waals surface area contributed by atoms with Gasteiger partial charge in [-0.2, -0.15) is 16.7 Å². The van der Waals surface area contributed by atoms with E-state index in [4.69, 9.17) is 10.3 Å². The first-order valence-corrected chi connectivity index (χ1v) is 6.79. The van der Waals surface area contributed by atoms with E-state index in [0.29, 0.717) is 29.1 Å². The van der Waals surface area contributed by atoms with E-state index in [9.17, 15) is 0 Å². The molecule has 2 aromatic rings. The summed E-state index contributed by atoms with van der Waals surface area (Å²) in [5, 5.41) is 3.90. The molecule has 2 rings (SSSR count). The zero-order chi connectivity index (χ0) is 13.0. The van der Waals surface area contributed by atoms with Crippen LogP contribution >= 0.6 is 11.8 Å². The Morgan fingerprint density at radius 1 is 1.33 bits per heavy atom. The standard InChI is InChI=1S/C11H15N5OS/c1-7(2)5-18-6-8-15-11(17-16-8)9-10(12)14-4-3-13-9/h3-4,7H,5-6H2,1-2H3,(H2,12,14). The molecule has 0 bridgehead atoms. The van der Waals surface area contributed by atoms with Gasteiger partial charge in [-0.1, -0.05) is 19.0 Å². The molecule has 0 aliphatic rings. The highest BCUT2D eigenvalue weighted by atomic mass is 32.2. The third kappa shape index (κ3) is 3.19. The number of nitrogen functional groups attached to an aromatic ring is 1. The number of anilines is 1. The fraction of sp³-hybridized carbons (Fsp3) is 0.455. The van der Waals surface area contributed by atoms with Gasteiger partial charge in [0.25, 0.3) is 5.89 Å². The number of nitrogens with two attached hydrogens (primary N) is 1. The minimum Gasteiger partial charge on any atom is -0.382 e. The van der Waals surface area contributed by atoms with Crippen molar-refractivity contribution in [1.82, 2.24) is 20.1 Å². The van der Waals surface area contributed by atoms with Crippen LogP contribution in [-0.2, 0) is 5.75 Å². The lowest BCUT2D eigenvalue weighted by molar-refractivity contribution is 0.424. The molecule has 0 saturated carbocycles. The molecule has 2 aromatic heterocycles. The number of nitrogens with zero attached hydrogens (tertiary/aromatic N) is 4. The van der Waals surface area contributed by atoms with E-state index in [1.807, 2.05) is 0 Å². The van der Waals surface area contributed by atoms with Crippen LogP contribution in [0.3, 0.4) is 0 Å². The van der Waals surface area contributed by atoms with Gasteiger partial charge in [0.2, 0.25) is 0 Å². The summed E-state index contributed by atoms with van der Waals surface area (Å²) in [5.41, 5.74) is 6.13. The lowest BCUT2D eigenvalue weighted by atomic mass is 10.3. The molecule has 0 aromatic carbocycles. The van der Waals surface area contributed by atoms with Gasteiger partial charge in [-0.05, 0) is 11.7 Å². The molecule has 0 atom stereocenters. The molecule has 0 fully saturated rings. The molecule has 0 aliphatic heterocycles. The largest absolute Gasteiger partial charge is 0.382 e. The second-order valence-electron chi connectivity index (χ2n) is 4.21. The van der Waals surface area contributed by atoms with Gasteiger partial charge in [0.1, 0.15) is 0 Å². The van der Waals surface area contributed by atoms with Gasteiger partial charge >= 0.3 is 0 Å². The van der Waals surface area contributed by atoms with Gasteiger partial charge in [0.05, 0.1) is 5.75 Å². The Labute approximate surface area is 109 Å². The average Bonchev–Trinajstić information content (AvgIpc) is 2.78. The van der Waals surface area contributed by atoms with Crippen molar-refractivity contribution in [1.29, 1.82) is 0 Å². The predicted molar refractivity (Wildman–Crippen MR) is 70.7 cm³/mol. The van der Waals surface area contributed by atoms with Crippen molar-refractivity contribution in [3.63, 3.8) is 0 Å². The number of rotatable bonds is 5. The van der Waals surface area contributed by atoms with Crippen LogP contribution in [-0.4, -0.2) is 25.9 Å². The quantitative estimate of drug-likeness (QED) is 0.884. The van der Waals surface area contributed by atoms with Crippen LogP contribution in [0, 0.1) is 5.92 Å². The van der Waals surface area contributed by atoms with Crippen molar-refractivity contribution in [2.24, 2.45) is 5.92 Å². The second kappa shape index (κ2) is 5.81. The first-order chi connectivity index (χ1) is 8.66.